The lowest BCUT2D eigenvalue weighted by Crippen LogP contribution is -2.45. The molecule has 1 aliphatic carbocycles. The van der Waals surface area contributed by atoms with Crippen molar-refractivity contribution in [1.82, 2.24) is 9.55 Å². The summed E-state index contributed by atoms with van der Waals surface area (Å²) >= 11 is 0. The van der Waals surface area contributed by atoms with Gasteiger partial charge in [0, 0.05) is 28.1 Å². The van der Waals surface area contributed by atoms with Gasteiger partial charge in [-0.15, -0.1) is 0 Å². The fourth-order valence-electron chi connectivity index (χ4n) is 5.68. The van der Waals surface area contributed by atoms with Crippen molar-refractivity contribution in [3.8, 4) is 17.1 Å². The van der Waals surface area contributed by atoms with Crippen LogP contribution in [0.3, 0.4) is 0 Å². The second kappa shape index (κ2) is 7.20. The fourth-order valence-corrected chi connectivity index (χ4v) is 6.39. The van der Waals surface area contributed by atoms with Gasteiger partial charge in [-0.2, -0.15) is 0 Å². The fraction of sp³-hybridized carbons (Fsp3) is 0.348. The van der Waals surface area contributed by atoms with Crippen LogP contribution in [0.1, 0.15) is 47.6 Å². The van der Waals surface area contributed by atoms with Crippen molar-refractivity contribution in [3.63, 3.8) is 0 Å². The van der Waals surface area contributed by atoms with E-state index in [0.717, 1.165) is 17.2 Å². The van der Waals surface area contributed by atoms with Crippen molar-refractivity contribution in [2.45, 2.75) is 51.4 Å². The van der Waals surface area contributed by atoms with Crippen molar-refractivity contribution >= 4 is 24.7 Å². The summed E-state index contributed by atoms with van der Waals surface area (Å²) in [6.45, 7) is 1.32. The lowest BCUT2D eigenvalue weighted by Gasteiger charge is -2.35. The van der Waals surface area contributed by atoms with Gasteiger partial charge in [0.25, 0.3) is 5.56 Å². The van der Waals surface area contributed by atoms with E-state index in [2.05, 4.69) is 4.98 Å². The molecule has 0 unspecified atom stereocenters. The minimum atomic E-state index is -5.15. The Labute approximate surface area is 197 Å². The van der Waals surface area contributed by atoms with Crippen molar-refractivity contribution in [2.24, 2.45) is 0 Å². The highest BCUT2D eigenvalue weighted by molar-refractivity contribution is 7.46. The number of ether oxygens (including phenoxy) is 1. The zero-order valence-electron chi connectivity index (χ0n) is 18.5. The van der Waals surface area contributed by atoms with Gasteiger partial charge in [0.05, 0.1) is 29.0 Å². The summed E-state index contributed by atoms with van der Waals surface area (Å²) < 4.78 is 37.8. The number of esters is 1. The van der Waals surface area contributed by atoms with Crippen molar-refractivity contribution in [3.05, 3.63) is 56.1 Å². The molecule has 0 bridgehead atoms. The average Bonchev–Trinajstić information content (AvgIpc) is 3.18. The standard InChI is InChI=1S/C23H20FN2O8P/c1-2-23(34-35(30,31)32)14-6-17-19-12(8-26(17)21(28)13(14)9-33-22(23)29)10-4-3-5-11-18(10)16(25-19)7-15(24)20(11)27/h6-7,27H,2-5,8-9H2,1H3,(H2,30,31,32)/t23-/m0/s1. The van der Waals surface area contributed by atoms with E-state index in [1.807, 2.05) is 0 Å². The molecule has 6 rings (SSSR count). The normalized spacial score (nSPS) is 20.4. The number of cyclic esters (lactones) is 1. The molecule has 0 amide bonds. The number of carbonyl (C=O) groups is 1. The van der Waals surface area contributed by atoms with E-state index in [1.54, 1.807) is 0 Å². The van der Waals surface area contributed by atoms with E-state index in [0.29, 0.717) is 47.1 Å². The van der Waals surface area contributed by atoms with Crippen LogP contribution >= 0.6 is 7.82 Å². The number of hydrogen-bond donors (Lipinski definition) is 3. The van der Waals surface area contributed by atoms with Crippen molar-refractivity contribution in [1.29, 1.82) is 0 Å². The molecule has 35 heavy (non-hydrogen) atoms. The summed E-state index contributed by atoms with van der Waals surface area (Å²) in [5, 5.41) is 11.0. The van der Waals surface area contributed by atoms with Gasteiger partial charge < -0.3 is 24.2 Å². The van der Waals surface area contributed by atoms with E-state index in [-0.39, 0.29) is 36.4 Å². The highest BCUT2D eigenvalue weighted by Crippen LogP contribution is 2.51. The molecule has 1 atom stereocenters. The number of aromatic hydroxyl groups is 1. The lowest BCUT2D eigenvalue weighted by molar-refractivity contribution is -0.170. The van der Waals surface area contributed by atoms with Gasteiger partial charge in [-0.25, -0.2) is 18.7 Å². The van der Waals surface area contributed by atoms with Crippen molar-refractivity contribution in [2.75, 3.05) is 0 Å². The average molecular weight is 502 g/mol. The SMILES string of the molecule is CC[C@@]1(OP(=O)(O)O)C(=O)OCc2c1cc1n(c2=O)Cc2c-1nc1cc(F)c(O)c3c1c2CCC3. The smallest absolute Gasteiger partial charge is 0.471 e. The Bertz CT molecular complexity index is 1590. The Kier molecular flexibility index (Phi) is 4.60. The molecule has 3 aliphatic rings. The molecule has 0 radical (unpaired) electrons. The van der Waals surface area contributed by atoms with Gasteiger partial charge >= 0.3 is 13.8 Å². The topological polar surface area (TPSA) is 148 Å². The van der Waals surface area contributed by atoms with Crippen molar-refractivity contribution < 1.29 is 37.9 Å². The van der Waals surface area contributed by atoms with Gasteiger partial charge in [-0.3, -0.25) is 9.32 Å². The summed E-state index contributed by atoms with van der Waals surface area (Å²) in [6, 6.07) is 2.65. The number of aryl methyl sites for hydroxylation is 2. The van der Waals surface area contributed by atoms with E-state index in [4.69, 9.17) is 9.26 Å². The Morgan fingerprint density at radius 2 is 1.94 bits per heavy atom. The third-order valence-electron chi connectivity index (χ3n) is 7.22. The van der Waals surface area contributed by atoms with Gasteiger partial charge in [-0.1, -0.05) is 6.92 Å². The van der Waals surface area contributed by atoms with Gasteiger partial charge in [0.1, 0.15) is 6.61 Å². The first-order valence-corrected chi connectivity index (χ1v) is 12.7. The molecule has 0 saturated heterocycles. The Hall–Kier alpha value is -3.11. The third kappa shape index (κ3) is 2.99. The van der Waals surface area contributed by atoms with Gasteiger partial charge in [-0.05, 0) is 37.3 Å². The van der Waals surface area contributed by atoms with Gasteiger partial charge in [0.2, 0.25) is 5.60 Å². The zero-order chi connectivity index (χ0) is 24.9. The van der Waals surface area contributed by atoms with Crippen LogP contribution in [-0.4, -0.2) is 30.4 Å². The van der Waals surface area contributed by atoms with Crippen LogP contribution in [0.15, 0.2) is 16.9 Å². The molecule has 182 valence electrons. The Morgan fingerprint density at radius 3 is 2.66 bits per heavy atom. The number of halogens is 1. The van der Waals surface area contributed by atoms with Crippen LogP contribution in [0.5, 0.6) is 5.75 Å². The number of rotatable bonds is 3. The first kappa shape index (κ1) is 22.4. The summed E-state index contributed by atoms with van der Waals surface area (Å²) in [6.07, 6.45) is 1.66. The van der Waals surface area contributed by atoms with Gasteiger partial charge in [0.15, 0.2) is 11.6 Å². The molecule has 1 aromatic carbocycles. The van der Waals surface area contributed by atoms with Crippen LogP contribution in [0.2, 0.25) is 0 Å². The molecule has 3 N–H and O–H groups in total. The maximum Gasteiger partial charge on any atom is 0.471 e. The second-order valence-corrected chi connectivity index (χ2v) is 10.2. The minimum absolute atomic E-state index is 0.0248. The molecule has 0 saturated carbocycles. The predicted octanol–water partition coefficient (Wildman–Crippen LogP) is 2.53. The number of benzene rings is 1. The quantitative estimate of drug-likeness (QED) is 0.284. The number of carbonyl (C=O) groups excluding carboxylic acids is 1. The molecule has 0 fully saturated rings. The molecule has 10 nitrogen and oxygen atoms in total. The molecule has 3 aromatic rings. The first-order valence-electron chi connectivity index (χ1n) is 11.1. The molecular weight excluding hydrogens is 482 g/mol. The van der Waals surface area contributed by atoms with Crippen LogP contribution in [0.4, 0.5) is 4.39 Å². The number of pyridine rings is 2. The summed E-state index contributed by atoms with van der Waals surface area (Å²) in [5.74, 6) is -2.17. The lowest BCUT2D eigenvalue weighted by atomic mass is 9.85. The molecular formula is C23H20FN2O8P. The molecule has 2 aliphatic heterocycles. The van der Waals surface area contributed by atoms with E-state index >= 15 is 0 Å². The molecule has 4 heterocycles. The first-order chi connectivity index (χ1) is 16.6. The number of nitrogens with zero attached hydrogens (tertiary/aromatic N) is 2. The van der Waals surface area contributed by atoms with Crippen LogP contribution in [0.25, 0.3) is 22.3 Å². The number of aromatic nitrogens is 2. The van der Waals surface area contributed by atoms with E-state index < -0.39 is 30.8 Å². The zero-order valence-corrected chi connectivity index (χ0v) is 19.4. The van der Waals surface area contributed by atoms with Crippen LogP contribution in [-0.2, 0) is 50.2 Å². The largest absolute Gasteiger partial charge is 0.505 e. The molecule has 12 heteroatoms. The van der Waals surface area contributed by atoms with E-state index in [1.165, 1.54) is 17.6 Å². The number of fused-ring (bicyclic) bond motifs is 5. The number of phenolic OH excluding ortho intramolecular Hbond substituents is 1. The second-order valence-electron chi connectivity index (χ2n) is 9.00. The maximum absolute atomic E-state index is 14.4. The number of hydrogen-bond acceptors (Lipinski definition) is 7. The number of phosphoric acid groups is 1. The summed E-state index contributed by atoms with van der Waals surface area (Å²) in [7, 11) is -5.15. The minimum Gasteiger partial charge on any atom is -0.505 e. The highest BCUT2D eigenvalue weighted by atomic mass is 31.2. The molecule has 0 spiro atoms. The van der Waals surface area contributed by atoms with E-state index in [9.17, 15) is 33.4 Å². The Balaban J connectivity index is 1.66. The van der Waals surface area contributed by atoms with Crippen LogP contribution in [0, 0.1) is 5.82 Å². The maximum atomic E-state index is 14.4. The highest BCUT2D eigenvalue weighted by Gasteiger charge is 2.52. The number of phenols is 1. The van der Waals surface area contributed by atoms with Crippen LogP contribution < -0.4 is 5.56 Å². The third-order valence-corrected chi connectivity index (χ3v) is 7.76. The summed E-state index contributed by atoms with van der Waals surface area (Å²) in [5.41, 5.74) is 0.674. The Morgan fingerprint density at radius 1 is 1.20 bits per heavy atom. The monoisotopic (exact) mass is 502 g/mol. The molecule has 2 aromatic heterocycles. The number of phosphoric ester groups is 1. The summed E-state index contributed by atoms with van der Waals surface area (Å²) in [4.78, 5) is 50.0. The predicted molar refractivity (Wildman–Crippen MR) is 119 cm³/mol.